The van der Waals surface area contributed by atoms with Crippen molar-refractivity contribution in [1.82, 2.24) is 29.5 Å². The lowest BCUT2D eigenvalue weighted by Crippen LogP contribution is -2.45. The smallest absolute Gasteiger partial charge is 0.236 e. The quantitative estimate of drug-likeness (QED) is 0.718. The summed E-state index contributed by atoms with van der Waals surface area (Å²) in [7, 11) is 0. The molecule has 1 fully saturated rings. The van der Waals surface area contributed by atoms with Gasteiger partial charge < -0.3 is 10.2 Å². The SMILES string of the molecule is N#CCC(=O)N1CCC[C@@H](Nc2nc(-c3cnn4ccncc34)ncc2Cl)C1. The van der Waals surface area contributed by atoms with Crippen molar-refractivity contribution in [2.75, 3.05) is 18.4 Å². The number of carbonyl (C=O) groups excluding carboxylic acids is 1. The molecule has 1 N–H and O–H groups in total. The molecule has 0 unspecified atom stereocenters. The average Bonchev–Trinajstić information content (AvgIpc) is 3.14. The first-order valence-electron chi connectivity index (χ1n) is 8.87. The van der Waals surface area contributed by atoms with E-state index in [0.29, 0.717) is 29.8 Å². The van der Waals surface area contributed by atoms with Crippen LogP contribution in [0, 0.1) is 11.3 Å². The summed E-state index contributed by atoms with van der Waals surface area (Å²) in [5.74, 6) is 0.847. The van der Waals surface area contributed by atoms with Crippen molar-refractivity contribution in [3.05, 3.63) is 36.0 Å². The van der Waals surface area contributed by atoms with Gasteiger partial charge in [-0.1, -0.05) is 11.6 Å². The van der Waals surface area contributed by atoms with Crippen molar-refractivity contribution in [2.45, 2.75) is 25.3 Å². The summed E-state index contributed by atoms with van der Waals surface area (Å²) < 4.78 is 1.70. The van der Waals surface area contributed by atoms with Gasteiger partial charge in [0.25, 0.3) is 0 Å². The number of rotatable bonds is 4. The molecular weight excluding hydrogens is 380 g/mol. The topological polar surface area (TPSA) is 112 Å². The number of nitrogens with one attached hydrogen (secondary N) is 1. The van der Waals surface area contributed by atoms with E-state index in [1.807, 2.05) is 6.07 Å². The van der Waals surface area contributed by atoms with Crippen molar-refractivity contribution in [3.63, 3.8) is 0 Å². The second kappa shape index (κ2) is 7.78. The third-order valence-corrected chi connectivity index (χ3v) is 4.93. The molecule has 1 aliphatic rings. The maximum absolute atomic E-state index is 12.0. The summed E-state index contributed by atoms with van der Waals surface area (Å²) in [4.78, 5) is 26.7. The molecule has 1 atom stereocenters. The lowest BCUT2D eigenvalue weighted by molar-refractivity contribution is -0.131. The van der Waals surface area contributed by atoms with Gasteiger partial charge in [0.15, 0.2) is 5.82 Å². The Labute approximate surface area is 166 Å². The summed E-state index contributed by atoms with van der Waals surface area (Å²) >= 11 is 6.30. The van der Waals surface area contributed by atoms with Crippen LogP contribution in [0.4, 0.5) is 5.82 Å². The Hall–Kier alpha value is -3.25. The molecule has 1 aliphatic heterocycles. The summed E-state index contributed by atoms with van der Waals surface area (Å²) in [6.07, 6.45) is 9.98. The minimum absolute atomic E-state index is 0.00205. The monoisotopic (exact) mass is 396 g/mol. The normalized spacial score (nSPS) is 16.7. The Morgan fingerprint density at radius 2 is 2.29 bits per heavy atom. The van der Waals surface area contributed by atoms with Gasteiger partial charge in [-0.3, -0.25) is 9.78 Å². The van der Waals surface area contributed by atoms with Crippen molar-refractivity contribution >= 4 is 28.8 Å². The van der Waals surface area contributed by atoms with Gasteiger partial charge in [-0.15, -0.1) is 0 Å². The van der Waals surface area contributed by atoms with E-state index in [4.69, 9.17) is 16.9 Å². The first-order valence-corrected chi connectivity index (χ1v) is 9.25. The number of nitrogens with zero attached hydrogens (tertiary/aromatic N) is 7. The molecule has 0 spiro atoms. The molecule has 0 saturated carbocycles. The van der Waals surface area contributed by atoms with Gasteiger partial charge in [-0.05, 0) is 12.8 Å². The second-order valence-electron chi connectivity index (χ2n) is 6.51. The highest BCUT2D eigenvalue weighted by Crippen LogP contribution is 2.27. The van der Waals surface area contributed by atoms with Gasteiger partial charge in [0.05, 0.1) is 35.7 Å². The summed E-state index contributed by atoms with van der Waals surface area (Å²) in [6, 6.07) is 1.91. The van der Waals surface area contributed by atoms with Crippen LogP contribution in [0.5, 0.6) is 0 Å². The Kier molecular flexibility index (Phi) is 5.04. The number of anilines is 1. The first-order chi connectivity index (χ1) is 13.7. The largest absolute Gasteiger partial charge is 0.364 e. The molecule has 4 rings (SSSR count). The highest BCUT2D eigenvalue weighted by molar-refractivity contribution is 6.32. The number of fused-ring (bicyclic) bond motifs is 1. The number of nitriles is 1. The number of amides is 1. The second-order valence-corrected chi connectivity index (χ2v) is 6.92. The molecule has 10 heteroatoms. The number of halogens is 1. The molecule has 0 radical (unpaired) electrons. The van der Waals surface area contributed by atoms with Crippen LogP contribution in [0.15, 0.2) is 31.0 Å². The number of piperidine rings is 1. The zero-order valence-corrected chi connectivity index (χ0v) is 15.7. The van der Waals surface area contributed by atoms with Crippen LogP contribution in [0.25, 0.3) is 16.9 Å². The third kappa shape index (κ3) is 3.59. The highest BCUT2D eigenvalue weighted by Gasteiger charge is 2.24. The Morgan fingerprint density at radius 3 is 3.14 bits per heavy atom. The molecule has 3 aromatic rings. The van der Waals surface area contributed by atoms with E-state index in [-0.39, 0.29) is 18.4 Å². The Balaban J connectivity index is 1.56. The standard InChI is InChI=1S/C18H17ClN8O/c19-14-9-22-17(13-8-23-27-7-5-21-10-15(13)27)25-18(14)24-12-2-1-6-26(11-12)16(28)3-4-20/h5,7-10,12H,1-3,6,11H2,(H,22,24,25)/t12-/m1/s1. The number of aromatic nitrogens is 5. The Bertz CT molecular complexity index is 1060. The molecule has 4 heterocycles. The number of likely N-dealkylation sites (tertiary alicyclic amines) is 1. The molecule has 9 nitrogen and oxygen atoms in total. The van der Waals surface area contributed by atoms with E-state index >= 15 is 0 Å². The van der Waals surface area contributed by atoms with E-state index < -0.39 is 0 Å². The van der Waals surface area contributed by atoms with Crippen LogP contribution in [-0.4, -0.2) is 54.5 Å². The van der Waals surface area contributed by atoms with Crippen LogP contribution >= 0.6 is 11.6 Å². The van der Waals surface area contributed by atoms with Gasteiger partial charge in [0, 0.05) is 31.5 Å². The summed E-state index contributed by atoms with van der Waals surface area (Å²) in [5.41, 5.74) is 1.55. The van der Waals surface area contributed by atoms with Gasteiger partial charge in [-0.25, -0.2) is 14.5 Å². The molecular formula is C18H17ClN8O. The van der Waals surface area contributed by atoms with E-state index in [0.717, 1.165) is 23.9 Å². The van der Waals surface area contributed by atoms with Crippen molar-refractivity contribution in [1.29, 1.82) is 5.26 Å². The predicted molar refractivity (Wildman–Crippen MR) is 102 cm³/mol. The zero-order chi connectivity index (χ0) is 19.5. The lowest BCUT2D eigenvalue weighted by Gasteiger charge is -2.33. The fourth-order valence-electron chi connectivity index (χ4n) is 3.30. The maximum atomic E-state index is 12.0. The fraction of sp³-hybridized carbons (Fsp3) is 0.333. The maximum Gasteiger partial charge on any atom is 0.236 e. The lowest BCUT2D eigenvalue weighted by atomic mass is 10.1. The van der Waals surface area contributed by atoms with E-state index in [1.54, 1.807) is 40.4 Å². The molecule has 1 saturated heterocycles. The van der Waals surface area contributed by atoms with Crippen LogP contribution in [-0.2, 0) is 4.79 Å². The van der Waals surface area contributed by atoms with Crippen LogP contribution in [0.3, 0.4) is 0 Å². The number of hydrogen-bond donors (Lipinski definition) is 1. The Morgan fingerprint density at radius 1 is 1.39 bits per heavy atom. The third-order valence-electron chi connectivity index (χ3n) is 4.65. The summed E-state index contributed by atoms with van der Waals surface area (Å²) in [5, 5.41) is 16.8. The molecule has 3 aromatic heterocycles. The van der Waals surface area contributed by atoms with Crippen molar-refractivity contribution in [2.24, 2.45) is 0 Å². The highest BCUT2D eigenvalue weighted by atomic mass is 35.5. The van der Waals surface area contributed by atoms with E-state index in [1.165, 1.54) is 0 Å². The number of hydrogen-bond acceptors (Lipinski definition) is 7. The van der Waals surface area contributed by atoms with Gasteiger partial charge in [0.1, 0.15) is 17.3 Å². The fourth-order valence-corrected chi connectivity index (χ4v) is 3.44. The van der Waals surface area contributed by atoms with Gasteiger partial charge in [0.2, 0.25) is 5.91 Å². The molecule has 28 heavy (non-hydrogen) atoms. The average molecular weight is 397 g/mol. The van der Waals surface area contributed by atoms with E-state index in [2.05, 4.69) is 25.4 Å². The molecule has 142 valence electrons. The minimum Gasteiger partial charge on any atom is -0.364 e. The van der Waals surface area contributed by atoms with Crippen LogP contribution in [0.2, 0.25) is 5.02 Å². The van der Waals surface area contributed by atoms with Crippen LogP contribution in [0.1, 0.15) is 19.3 Å². The van der Waals surface area contributed by atoms with Crippen LogP contribution < -0.4 is 5.32 Å². The number of carbonyl (C=O) groups is 1. The molecule has 0 aromatic carbocycles. The molecule has 0 bridgehead atoms. The molecule has 1 amide bonds. The predicted octanol–water partition coefficient (Wildman–Crippen LogP) is 2.16. The van der Waals surface area contributed by atoms with Gasteiger partial charge >= 0.3 is 0 Å². The van der Waals surface area contributed by atoms with E-state index in [9.17, 15) is 4.79 Å². The summed E-state index contributed by atoms with van der Waals surface area (Å²) in [6.45, 7) is 1.17. The first kappa shape index (κ1) is 18.1. The molecule has 0 aliphatic carbocycles. The zero-order valence-electron chi connectivity index (χ0n) is 14.9. The minimum atomic E-state index is -0.151. The van der Waals surface area contributed by atoms with Crippen molar-refractivity contribution in [3.8, 4) is 17.5 Å². The van der Waals surface area contributed by atoms with Gasteiger partial charge in [-0.2, -0.15) is 10.4 Å². The van der Waals surface area contributed by atoms with Crippen molar-refractivity contribution < 1.29 is 4.79 Å².